The number of nitrogens with zero attached hydrogens (tertiary/aromatic N) is 3. The van der Waals surface area contributed by atoms with Crippen molar-refractivity contribution in [3.05, 3.63) is 53.9 Å². The molecule has 3 rings (SSSR count). The van der Waals surface area contributed by atoms with Crippen molar-refractivity contribution in [3.63, 3.8) is 0 Å². The SMILES string of the molecule is Cn1cc([C@H]2CCCN2C(=O)COCCc2ccccc2)cn1. The van der Waals surface area contributed by atoms with Gasteiger partial charge in [0.1, 0.15) is 6.61 Å². The highest BCUT2D eigenvalue weighted by Gasteiger charge is 2.30. The maximum Gasteiger partial charge on any atom is 0.249 e. The standard InChI is InChI=1S/C18H23N3O2/c1-20-13-16(12-19-20)17-8-5-10-21(17)18(22)14-23-11-9-15-6-3-2-4-7-15/h2-4,6-7,12-13,17H,5,8-11,14H2,1H3/t17-/m1/s1. The number of aryl methyl sites for hydroxylation is 1. The fourth-order valence-corrected chi connectivity index (χ4v) is 3.10. The molecule has 2 aromatic rings. The number of hydrogen-bond donors (Lipinski definition) is 0. The molecule has 1 aromatic carbocycles. The Hall–Kier alpha value is -2.14. The number of rotatable bonds is 6. The summed E-state index contributed by atoms with van der Waals surface area (Å²) >= 11 is 0. The van der Waals surface area contributed by atoms with Gasteiger partial charge in [0, 0.05) is 25.4 Å². The average molecular weight is 313 g/mol. The van der Waals surface area contributed by atoms with E-state index in [2.05, 4.69) is 17.2 Å². The number of hydrogen-bond acceptors (Lipinski definition) is 3. The summed E-state index contributed by atoms with van der Waals surface area (Å²) in [5.74, 6) is 0.0735. The van der Waals surface area contributed by atoms with Gasteiger partial charge in [0.05, 0.1) is 18.8 Å². The molecule has 0 spiro atoms. The van der Waals surface area contributed by atoms with Crippen LogP contribution in [0.2, 0.25) is 0 Å². The molecule has 5 heteroatoms. The topological polar surface area (TPSA) is 47.4 Å². The predicted molar refractivity (Wildman–Crippen MR) is 87.9 cm³/mol. The summed E-state index contributed by atoms with van der Waals surface area (Å²) in [5.41, 5.74) is 2.34. The van der Waals surface area contributed by atoms with E-state index in [4.69, 9.17) is 4.74 Å². The van der Waals surface area contributed by atoms with Gasteiger partial charge in [0.15, 0.2) is 0 Å². The van der Waals surface area contributed by atoms with Crippen molar-refractivity contribution in [1.29, 1.82) is 0 Å². The molecule has 1 fully saturated rings. The summed E-state index contributed by atoms with van der Waals surface area (Å²) in [5, 5.41) is 4.21. The molecule has 2 heterocycles. The maximum atomic E-state index is 12.4. The molecular formula is C18H23N3O2. The Bertz CT molecular complexity index is 639. The van der Waals surface area contributed by atoms with Crippen molar-refractivity contribution in [2.24, 2.45) is 7.05 Å². The van der Waals surface area contributed by atoms with Crippen LogP contribution in [0.15, 0.2) is 42.7 Å². The molecule has 5 nitrogen and oxygen atoms in total. The van der Waals surface area contributed by atoms with Gasteiger partial charge in [0.25, 0.3) is 0 Å². The molecule has 0 unspecified atom stereocenters. The first kappa shape index (κ1) is 15.7. The lowest BCUT2D eigenvalue weighted by Gasteiger charge is -2.23. The third kappa shape index (κ3) is 3.99. The van der Waals surface area contributed by atoms with E-state index in [0.717, 1.165) is 31.4 Å². The third-order valence-corrected chi connectivity index (χ3v) is 4.29. The van der Waals surface area contributed by atoms with E-state index in [1.165, 1.54) is 5.56 Å². The number of ether oxygens (including phenoxy) is 1. The third-order valence-electron chi connectivity index (χ3n) is 4.29. The van der Waals surface area contributed by atoms with Gasteiger partial charge in [-0.2, -0.15) is 5.10 Å². The first-order chi connectivity index (χ1) is 11.2. The molecule has 1 atom stereocenters. The molecule has 122 valence electrons. The van der Waals surface area contributed by atoms with Crippen LogP contribution in [0.3, 0.4) is 0 Å². The van der Waals surface area contributed by atoms with Crippen LogP contribution in [0, 0.1) is 0 Å². The number of amides is 1. The normalized spacial score (nSPS) is 17.6. The van der Waals surface area contributed by atoms with E-state index in [1.54, 1.807) is 4.68 Å². The second-order valence-corrected chi connectivity index (χ2v) is 5.98. The van der Waals surface area contributed by atoms with Crippen molar-refractivity contribution in [2.45, 2.75) is 25.3 Å². The molecule has 1 amide bonds. The highest BCUT2D eigenvalue weighted by Crippen LogP contribution is 2.31. The van der Waals surface area contributed by atoms with E-state index in [0.29, 0.717) is 6.61 Å². The van der Waals surface area contributed by atoms with Crippen molar-refractivity contribution >= 4 is 5.91 Å². The van der Waals surface area contributed by atoms with Crippen LogP contribution in [0.5, 0.6) is 0 Å². The predicted octanol–water partition coefficient (Wildman–Crippen LogP) is 2.34. The summed E-state index contributed by atoms with van der Waals surface area (Å²) in [6.07, 6.45) is 6.72. The number of carbonyl (C=O) groups is 1. The van der Waals surface area contributed by atoms with Crippen LogP contribution >= 0.6 is 0 Å². The number of aromatic nitrogens is 2. The summed E-state index contributed by atoms with van der Waals surface area (Å²) in [7, 11) is 1.90. The molecule has 0 saturated carbocycles. The lowest BCUT2D eigenvalue weighted by atomic mass is 10.1. The Morgan fingerprint density at radius 3 is 2.91 bits per heavy atom. The minimum Gasteiger partial charge on any atom is -0.371 e. The van der Waals surface area contributed by atoms with E-state index in [1.807, 2.05) is 42.5 Å². The highest BCUT2D eigenvalue weighted by atomic mass is 16.5. The largest absolute Gasteiger partial charge is 0.371 e. The molecule has 0 aliphatic carbocycles. The Labute approximate surface area is 136 Å². The van der Waals surface area contributed by atoms with Crippen LogP contribution in [-0.4, -0.2) is 40.3 Å². The van der Waals surface area contributed by atoms with Gasteiger partial charge in [0.2, 0.25) is 5.91 Å². The molecule has 23 heavy (non-hydrogen) atoms. The Morgan fingerprint density at radius 1 is 1.35 bits per heavy atom. The maximum absolute atomic E-state index is 12.4. The van der Waals surface area contributed by atoms with Crippen molar-refractivity contribution in [1.82, 2.24) is 14.7 Å². The van der Waals surface area contributed by atoms with Gasteiger partial charge >= 0.3 is 0 Å². The second kappa shape index (κ2) is 7.42. The van der Waals surface area contributed by atoms with Crippen molar-refractivity contribution in [2.75, 3.05) is 19.8 Å². The second-order valence-electron chi connectivity index (χ2n) is 5.98. The van der Waals surface area contributed by atoms with Crippen LogP contribution in [-0.2, 0) is 23.0 Å². The Balaban J connectivity index is 1.47. The van der Waals surface area contributed by atoms with Crippen LogP contribution in [0.1, 0.15) is 30.0 Å². The Kier molecular flexibility index (Phi) is 5.08. The first-order valence-corrected chi connectivity index (χ1v) is 8.14. The summed E-state index contributed by atoms with van der Waals surface area (Å²) < 4.78 is 7.37. The molecule has 1 aliphatic heterocycles. The molecule has 1 saturated heterocycles. The van der Waals surface area contributed by atoms with Gasteiger partial charge in [-0.25, -0.2) is 0 Å². The van der Waals surface area contributed by atoms with Gasteiger partial charge < -0.3 is 9.64 Å². The van der Waals surface area contributed by atoms with E-state index in [9.17, 15) is 4.79 Å². The summed E-state index contributed by atoms with van der Waals surface area (Å²) in [6, 6.07) is 10.3. The zero-order valence-corrected chi connectivity index (χ0v) is 13.5. The van der Waals surface area contributed by atoms with Crippen LogP contribution < -0.4 is 0 Å². The minimum absolute atomic E-state index is 0.0735. The fraction of sp³-hybridized carbons (Fsp3) is 0.444. The molecule has 0 radical (unpaired) electrons. The monoisotopic (exact) mass is 313 g/mol. The zero-order chi connectivity index (χ0) is 16.1. The quantitative estimate of drug-likeness (QED) is 0.769. The lowest BCUT2D eigenvalue weighted by molar-refractivity contribution is -0.137. The number of likely N-dealkylation sites (tertiary alicyclic amines) is 1. The van der Waals surface area contributed by atoms with Gasteiger partial charge in [-0.1, -0.05) is 30.3 Å². The van der Waals surface area contributed by atoms with Gasteiger partial charge in [-0.05, 0) is 24.8 Å². The van der Waals surface area contributed by atoms with Crippen LogP contribution in [0.25, 0.3) is 0 Å². The molecule has 0 N–H and O–H groups in total. The first-order valence-electron chi connectivity index (χ1n) is 8.14. The smallest absolute Gasteiger partial charge is 0.249 e. The van der Waals surface area contributed by atoms with Crippen molar-refractivity contribution < 1.29 is 9.53 Å². The van der Waals surface area contributed by atoms with Crippen molar-refractivity contribution in [3.8, 4) is 0 Å². The number of carbonyl (C=O) groups excluding carboxylic acids is 1. The van der Waals surface area contributed by atoms with Gasteiger partial charge in [-0.3, -0.25) is 9.48 Å². The zero-order valence-electron chi connectivity index (χ0n) is 13.5. The molecule has 1 aromatic heterocycles. The van der Waals surface area contributed by atoms with E-state index < -0.39 is 0 Å². The lowest BCUT2D eigenvalue weighted by Crippen LogP contribution is -2.33. The van der Waals surface area contributed by atoms with E-state index in [-0.39, 0.29) is 18.6 Å². The van der Waals surface area contributed by atoms with E-state index >= 15 is 0 Å². The highest BCUT2D eigenvalue weighted by molar-refractivity contribution is 5.78. The fourth-order valence-electron chi connectivity index (χ4n) is 3.10. The molecular weight excluding hydrogens is 290 g/mol. The summed E-state index contributed by atoms with van der Waals surface area (Å²) in [4.78, 5) is 14.4. The molecule has 1 aliphatic rings. The number of benzene rings is 1. The summed E-state index contributed by atoms with van der Waals surface area (Å²) in [6.45, 7) is 1.53. The van der Waals surface area contributed by atoms with Gasteiger partial charge in [-0.15, -0.1) is 0 Å². The van der Waals surface area contributed by atoms with Crippen LogP contribution in [0.4, 0.5) is 0 Å². The Morgan fingerprint density at radius 2 is 2.17 bits per heavy atom. The minimum atomic E-state index is 0.0735. The molecule has 0 bridgehead atoms. The average Bonchev–Trinajstić information content (AvgIpc) is 3.21.